The van der Waals surface area contributed by atoms with Gasteiger partial charge in [-0.05, 0) is 47.4 Å². The van der Waals surface area contributed by atoms with Gasteiger partial charge in [-0.1, -0.05) is 19.9 Å². The van der Waals surface area contributed by atoms with Gasteiger partial charge in [0.05, 0.1) is 26.6 Å². The molecule has 0 radical (unpaired) electrons. The SMILES string of the molecule is COc1ccc(CC(=O)Nc2ccc3c(c2)C(C(C)C)C(=O)N3)cc1OC. The molecule has 1 aliphatic heterocycles. The summed E-state index contributed by atoms with van der Waals surface area (Å²) in [4.78, 5) is 24.6. The Morgan fingerprint density at radius 3 is 2.52 bits per heavy atom. The highest BCUT2D eigenvalue weighted by Gasteiger charge is 2.33. The van der Waals surface area contributed by atoms with E-state index >= 15 is 0 Å². The van der Waals surface area contributed by atoms with Gasteiger partial charge < -0.3 is 20.1 Å². The summed E-state index contributed by atoms with van der Waals surface area (Å²) in [5.41, 5.74) is 3.25. The van der Waals surface area contributed by atoms with Crippen LogP contribution in [0.4, 0.5) is 11.4 Å². The molecule has 0 spiro atoms. The molecule has 0 aromatic heterocycles. The number of hydrogen-bond donors (Lipinski definition) is 2. The Morgan fingerprint density at radius 2 is 1.85 bits per heavy atom. The van der Waals surface area contributed by atoms with Crippen molar-refractivity contribution in [3.05, 3.63) is 47.5 Å². The third-order valence-electron chi connectivity index (χ3n) is 4.69. The van der Waals surface area contributed by atoms with Gasteiger partial charge in [0.15, 0.2) is 11.5 Å². The quantitative estimate of drug-likeness (QED) is 0.817. The van der Waals surface area contributed by atoms with Crippen molar-refractivity contribution < 1.29 is 19.1 Å². The van der Waals surface area contributed by atoms with E-state index in [4.69, 9.17) is 9.47 Å². The Kier molecular flexibility index (Phi) is 5.35. The number of fused-ring (bicyclic) bond motifs is 1. The van der Waals surface area contributed by atoms with E-state index < -0.39 is 0 Å². The van der Waals surface area contributed by atoms with Crippen LogP contribution in [0.5, 0.6) is 11.5 Å². The van der Waals surface area contributed by atoms with E-state index in [0.717, 1.165) is 16.8 Å². The summed E-state index contributed by atoms with van der Waals surface area (Å²) in [5, 5.41) is 5.81. The van der Waals surface area contributed by atoms with Crippen LogP contribution in [-0.2, 0) is 16.0 Å². The standard InChI is InChI=1S/C21H24N2O4/c1-12(2)20-15-11-14(6-7-16(15)23-21(20)25)22-19(24)10-13-5-8-17(26-3)18(9-13)27-4/h5-9,11-12,20H,10H2,1-4H3,(H,22,24)(H,23,25). The van der Waals surface area contributed by atoms with Gasteiger partial charge in [-0.3, -0.25) is 9.59 Å². The maximum Gasteiger partial charge on any atom is 0.232 e. The molecule has 1 atom stereocenters. The molecule has 6 heteroatoms. The predicted molar refractivity (Wildman–Crippen MR) is 105 cm³/mol. The van der Waals surface area contributed by atoms with Gasteiger partial charge in [-0.25, -0.2) is 0 Å². The maximum absolute atomic E-state index is 12.5. The number of carbonyl (C=O) groups excluding carboxylic acids is 2. The van der Waals surface area contributed by atoms with Crippen molar-refractivity contribution in [3.8, 4) is 11.5 Å². The Hall–Kier alpha value is -3.02. The maximum atomic E-state index is 12.5. The lowest BCUT2D eigenvalue weighted by atomic mass is 9.89. The van der Waals surface area contributed by atoms with Crippen molar-refractivity contribution in [2.24, 2.45) is 5.92 Å². The highest BCUT2D eigenvalue weighted by Crippen LogP contribution is 2.38. The molecule has 6 nitrogen and oxygen atoms in total. The molecule has 1 heterocycles. The van der Waals surface area contributed by atoms with Crippen LogP contribution in [0.15, 0.2) is 36.4 Å². The minimum absolute atomic E-state index is 0.00815. The summed E-state index contributed by atoms with van der Waals surface area (Å²) in [6.45, 7) is 4.03. The number of carbonyl (C=O) groups is 2. The molecule has 0 aliphatic carbocycles. The van der Waals surface area contributed by atoms with Gasteiger partial charge in [0.2, 0.25) is 11.8 Å². The number of methoxy groups -OCH3 is 2. The fraction of sp³-hybridized carbons (Fsp3) is 0.333. The highest BCUT2D eigenvalue weighted by molar-refractivity contribution is 6.04. The summed E-state index contributed by atoms with van der Waals surface area (Å²) in [6, 6.07) is 10.9. The summed E-state index contributed by atoms with van der Waals surface area (Å²) in [5.74, 6) is 1.07. The van der Waals surface area contributed by atoms with Crippen LogP contribution in [0.2, 0.25) is 0 Å². The summed E-state index contributed by atoms with van der Waals surface area (Å²) in [6.07, 6.45) is 0.211. The Balaban J connectivity index is 1.73. The van der Waals surface area contributed by atoms with Crippen LogP contribution in [0.25, 0.3) is 0 Å². The number of nitrogens with one attached hydrogen (secondary N) is 2. The minimum atomic E-state index is -0.192. The van der Waals surface area contributed by atoms with E-state index in [0.29, 0.717) is 17.2 Å². The van der Waals surface area contributed by atoms with Crippen molar-refractivity contribution in [1.29, 1.82) is 0 Å². The van der Waals surface area contributed by atoms with Gasteiger partial charge >= 0.3 is 0 Å². The Bertz CT molecular complexity index is 876. The zero-order valence-corrected chi connectivity index (χ0v) is 16.0. The Labute approximate surface area is 158 Å². The average molecular weight is 368 g/mol. The number of amides is 2. The van der Waals surface area contributed by atoms with Crippen molar-refractivity contribution in [2.75, 3.05) is 24.9 Å². The van der Waals surface area contributed by atoms with Crippen molar-refractivity contribution in [2.45, 2.75) is 26.2 Å². The average Bonchev–Trinajstić information content (AvgIpc) is 2.96. The van der Waals surface area contributed by atoms with Crippen molar-refractivity contribution >= 4 is 23.2 Å². The number of benzene rings is 2. The van der Waals surface area contributed by atoms with E-state index in [2.05, 4.69) is 10.6 Å². The molecule has 1 aliphatic rings. The number of hydrogen-bond acceptors (Lipinski definition) is 4. The van der Waals surface area contributed by atoms with Crippen LogP contribution in [-0.4, -0.2) is 26.0 Å². The molecular formula is C21H24N2O4. The van der Waals surface area contributed by atoms with E-state index in [1.54, 1.807) is 32.4 Å². The molecular weight excluding hydrogens is 344 g/mol. The molecule has 0 saturated heterocycles. The third-order valence-corrected chi connectivity index (χ3v) is 4.69. The second-order valence-electron chi connectivity index (χ2n) is 6.93. The molecule has 1 unspecified atom stereocenters. The van der Waals surface area contributed by atoms with E-state index in [1.807, 2.05) is 32.0 Å². The molecule has 2 N–H and O–H groups in total. The largest absolute Gasteiger partial charge is 0.493 e. The molecule has 0 saturated carbocycles. The lowest BCUT2D eigenvalue weighted by Gasteiger charge is -2.14. The molecule has 3 rings (SSSR count). The van der Waals surface area contributed by atoms with Gasteiger partial charge in [0.25, 0.3) is 0 Å². The highest BCUT2D eigenvalue weighted by atomic mass is 16.5. The van der Waals surface area contributed by atoms with E-state index in [9.17, 15) is 9.59 Å². The smallest absolute Gasteiger partial charge is 0.232 e. The van der Waals surface area contributed by atoms with Crippen LogP contribution < -0.4 is 20.1 Å². The van der Waals surface area contributed by atoms with Crippen LogP contribution >= 0.6 is 0 Å². The summed E-state index contributed by atoms with van der Waals surface area (Å²) in [7, 11) is 3.13. The molecule has 142 valence electrons. The molecule has 2 aromatic carbocycles. The first-order valence-electron chi connectivity index (χ1n) is 8.88. The number of anilines is 2. The molecule has 2 aromatic rings. The predicted octanol–water partition coefficient (Wildman–Crippen LogP) is 3.58. The molecule has 0 bridgehead atoms. The fourth-order valence-corrected chi connectivity index (χ4v) is 3.41. The zero-order valence-electron chi connectivity index (χ0n) is 16.0. The first kappa shape index (κ1) is 18.8. The Morgan fingerprint density at radius 1 is 1.11 bits per heavy atom. The van der Waals surface area contributed by atoms with Gasteiger partial charge in [-0.15, -0.1) is 0 Å². The fourth-order valence-electron chi connectivity index (χ4n) is 3.41. The molecule has 2 amide bonds. The van der Waals surface area contributed by atoms with Crippen molar-refractivity contribution in [1.82, 2.24) is 0 Å². The zero-order chi connectivity index (χ0) is 19.6. The van der Waals surface area contributed by atoms with Crippen molar-refractivity contribution in [3.63, 3.8) is 0 Å². The van der Waals surface area contributed by atoms with Gasteiger partial charge in [0.1, 0.15) is 0 Å². The summed E-state index contributed by atoms with van der Waals surface area (Å²) < 4.78 is 10.5. The van der Waals surface area contributed by atoms with Gasteiger partial charge in [0, 0.05) is 11.4 Å². The first-order chi connectivity index (χ1) is 12.9. The topological polar surface area (TPSA) is 76.7 Å². The van der Waals surface area contributed by atoms with Crippen LogP contribution in [0.3, 0.4) is 0 Å². The minimum Gasteiger partial charge on any atom is -0.493 e. The normalized spacial score (nSPS) is 15.3. The van der Waals surface area contributed by atoms with Gasteiger partial charge in [-0.2, -0.15) is 0 Å². The lowest BCUT2D eigenvalue weighted by molar-refractivity contribution is -0.118. The molecule has 0 fully saturated rings. The monoisotopic (exact) mass is 368 g/mol. The third kappa shape index (κ3) is 3.89. The summed E-state index contributed by atoms with van der Waals surface area (Å²) >= 11 is 0. The lowest BCUT2D eigenvalue weighted by Crippen LogP contribution is -2.17. The van der Waals surface area contributed by atoms with E-state index in [1.165, 1.54) is 0 Å². The number of ether oxygens (including phenoxy) is 2. The second kappa shape index (κ2) is 7.70. The first-order valence-corrected chi connectivity index (χ1v) is 8.88. The van der Waals surface area contributed by atoms with Crippen LogP contribution in [0.1, 0.15) is 30.9 Å². The molecule has 27 heavy (non-hydrogen) atoms. The van der Waals surface area contributed by atoms with Crippen LogP contribution in [0, 0.1) is 5.92 Å². The second-order valence-corrected chi connectivity index (χ2v) is 6.93. The number of rotatable bonds is 6. The van der Waals surface area contributed by atoms with E-state index in [-0.39, 0.29) is 30.1 Å².